The van der Waals surface area contributed by atoms with Crippen molar-refractivity contribution in [1.29, 1.82) is 0 Å². The maximum atomic E-state index is 13.9. The lowest BCUT2D eigenvalue weighted by atomic mass is 9.98. The number of carbonyl (C=O) groups is 6. The number of ketones is 1. The van der Waals surface area contributed by atoms with Crippen LogP contribution in [0.25, 0.3) is 21.5 Å². The average molecular weight is 849 g/mol. The molecular formula is C38H42BrN9O7S. The fraction of sp³-hybridized carbons (Fsp3) is 0.316. The van der Waals surface area contributed by atoms with E-state index in [-0.39, 0.29) is 23.9 Å². The van der Waals surface area contributed by atoms with Gasteiger partial charge in [-0.25, -0.2) is 4.98 Å². The zero-order valence-electron chi connectivity index (χ0n) is 30.9. The van der Waals surface area contributed by atoms with Gasteiger partial charge in [-0.05, 0) is 55.7 Å². The molecule has 56 heavy (non-hydrogen) atoms. The van der Waals surface area contributed by atoms with E-state index in [0.717, 1.165) is 15.4 Å². The molecule has 0 radical (unpaired) electrons. The third-order valence-electron chi connectivity index (χ3n) is 9.23. The summed E-state index contributed by atoms with van der Waals surface area (Å²) in [5.41, 5.74) is 9.00. The van der Waals surface area contributed by atoms with Gasteiger partial charge in [-0.2, -0.15) is 5.10 Å². The minimum absolute atomic E-state index is 0.0133. The summed E-state index contributed by atoms with van der Waals surface area (Å²) in [7, 11) is 0. The predicted octanol–water partition coefficient (Wildman–Crippen LogP) is 4.09. The number of nitrogens with two attached hydrogens (primary N) is 1. The number of carboxylic acids is 1. The molecule has 5 rings (SSSR count). The summed E-state index contributed by atoms with van der Waals surface area (Å²) in [5, 5.41) is 28.2. The first-order valence-corrected chi connectivity index (χ1v) is 19.3. The Morgan fingerprint density at radius 3 is 2.38 bits per heavy atom. The van der Waals surface area contributed by atoms with E-state index in [1.807, 2.05) is 37.3 Å². The van der Waals surface area contributed by atoms with Crippen LogP contribution in [0.2, 0.25) is 0 Å². The zero-order chi connectivity index (χ0) is 40.7. The summed E-state index contributed by atoms with van der Waals surface area (Å²) >= 11 is 4.55. The van der Waals surface area contributed by atoms with Crippen molar-refractivity contribution in [2.24, 2.45) is 11.7 Å². The summed E-state index contributed by atoms with van der Waals surface area (Å²) in [6.07, 6.45) is 1.46. The van der Waals surface area contributed by atoms with Gasteiger partial charge in [0.15, 0.2) is 5.13 Å². The molecule has 0 spiro atoms. The molecule has 5 aromatic rings. The van der Waals surface area contributed by atoms with Gasteiger partial charge in [-0.1, -0.05) is 71.8 Å². The minimum atomic E-state index is -1.54. The molecule has 3 heterocycles. The molecule has 0 aliphatic heterocycles. The molecule has 16 nitrogen and oxygen atoms in total. The van der Waals surface area contributed by atoms with Crippen molar-refractivity contribution in [2.75, 3.05) is 5.32 Å². The Bertz CT molecular complexity index is 2270. The number of aryl methyl sites for hydroxylation is 1. The van der Waals surface area contributed by atoms with E-state index in [2.05, 4.69) is 57.4 Å². The van der Waals surface area contributed by atoms with Gasteiger partial charge in [0.25, 0.3) is 5.91 Å². The summed E-state index contributed by atoms with van der Waals surface area (Å²) in [4.78, 5) is 86.7. The summed E-state index contributed by atoms with van der Waals surface area (Å²) in [6, 6.07) is 10.8. The number of hydrogen-bond acceptors (Lipinski definition) is 10. The van der Waals surface area contributed by atoms with E-state index < -0.39 is 60.1 Å². The first-order chi connectivity index (χ1) is 26.6. The lowest BCUT2D eigenvalue weighted by molar-refractivity contribution is -0.141. The van der Waals surface area contributed by atoms with E-state index in [1.54, 1.807) is 38.2 Å². The van der Waals surface area contributed by atoms with E-state index in [4.69, 9.17) is 5.73 Å². The third-order valence-corrected chi connectivity index (χ3v) is 10.8. The second kappa shape index (κ2) is 18.3. The molecule has 294 valence electrons. The van der Waals surface area contributed by atoms with Crippen LogP contribution in [-0.4, -0.2) is 84.8 Å². The number of nitrogens with one attached hydrogen (secondary N) is 6. The number of aromatic amines is 2. The number of thiazole rings is 1. The summed E-state index contributed by atoms with van der Waals surface area (Å²) in [5.74, 6) is -4.84. The number of carboxylic acid groups (broad SMARTS) is 1. The highest BCUT2D eigenvalue weighted by molar-refractivity contribution is 9.10. The van der Waals surface area contributed by atoms with Gasteiger partial charge in [0, 0.05) is 33.6 Å². The third kappa shape index (κ3) is 10.1. The number of para-hydroxylation sites is 1. The number of hydrogen-bond donors (Lipinski definition) is 8. The van der Waals surface area contributed by atoms with Crippen molar-refractivity contribution in [3.8, 4) is 10.6 Å². The fourth-order valence-electron chi connectivity index (χ4n) is 5.83. The number of benzene rings is 2. The Morgan fingerprint density at radius 1 is 0.946 bits per heavy atom. The molecule has 0 fully saturated rings. The van der Waals surface area contributed by atoms with Gasteiger partial charge in [0.1, 0.15) is 17.8 Å². The second-order valence-electron chi connectivity index (χ2n) is 13.4. The maximum Gasteiger partial charge on any atom is 0.305 e. The Hall–Kier alpha value is -5.72. The first kappa shape index (κ1) is 41.4. The number of carbonyl (C=O) groups excluding carboxylic acids is 5. The fourth-order valence-corrected chi connectivity index (χ4v) is 7.16. The van der Waals surface area contributed by atoms with Crippen molar-refractivity contribution in [3.05, 3.63) is 87.8 Å². The van der Waals surface area contributed by atoms with Crippen molar-refractivity contribution >= 4 is 78.7 Å². The molecule has 0 aliphatic carbocycles. The van der Waals surface area contributed by atoms with Crippen LogP contribution in [0.5, 0.6) is 0 Å². The number of halogens is 1. The number of amides is 4. The Kier molecular flexibility index (Phi) is 13.5. The van der Waals surface area contributed by atoms with Gasteiger partial charge in [0.05, 0.1) is 34.8 Å². The standard InChI is InChI=1S/C38H42BrN9O7S/c1-5-18(2)31(40)37(55)45-29(16-30(49)50)36(54)44-28(14-22-17-41-25-12-7-6-11-24(22)25)35(53)42-19(3)32(51)26-15-27(48-47-26)33-20(4)43-38(56-33)46-34(52)21-9-8-10-23(39)13-21/h6-13,15,17-19,28-29,31,41H,5,14,16,40H2,1-4H3,(H,42,53)(H,44,54)(H,45,55)(H,47,48)(H,49,50)(H,43,46,52)/t18-,19-,28-,29+,31-/m0/s1. The van der Waals surface area contributed by atoms with Gasteiger partial charge < -0.3 is 31.8 Å². The number of aromatic nitrogens is 4. The Balaban J connectivity index is 1.31. The van der Waals surface area contributed by atoms with Gasteiger partial charge >= 0.3 is 5.97 Å². The quantitative estimate of drug-likeness (QED) is 0.0623. The highest BCUT2D eigenvalue weighted by Crippen LogP contribution is 2.32. The van der Waals surface area contributed by atoms with Gasteiger partial charge in [0.2, 0.25) is 23.5 Å². The number of aliphatic carboxylic acids is 1. The van der Waals surface area contributed by atoms with E-state index in [0.29, 0.717) is 38.9 Å². The first-order valence-electron chi connectivity index (χ1n) is 17.7. The molecule has 0 saturated heterocycles. The number of nitrogens with zero attached hydrogens (tertiary/aromatic N) is 2. The van der Waals surface area contributed by atoms with Crippen molar-refractivity contribution in [3.63, 3.8) is 0 Å². The van der Waals surface area contributed by atoms with Crippen LogP contribution in [0.15, 0.2) is 65.3 Å². The van der Waals surface area contributed by atoms with E-state index >= 15 is 0 Å². The molecular weight excluding hydrogens is 806 g/mol. The molecule has 0 saturated carbocycles. The maximum absolute atomic E-state index is 13.9. The number of H-pyrrole nitrogens is 2. The monoisotopic (exact) mass is 847 g/mol. The molecule has 0 bridgehead atoms. The van der Waals surface area contributed by atoms with E-state index in [9.17, 15) is 33.9 Å². The topological polar surface area (TPSA) is 254 Å². The van der Waals surface area contributed by atoms with Gasteiger partial charge in [-0.3, -0.25) is 39.2 Å². The highest BCUT2D eigenvalue weighted by atomic mass is 79.9. The SMILES string of the molecule is CC[C@H](C)[C@H](N)C(=O)N[C@H](CC(=O)O)C(=O)N[C@@H](Cc1c[nH]c2ccccc12)C(=O)N[C@@H](C)C(=O)c1cc(-c2sc(NC(=O)c3cccc(Br)c3)nc2C)[nH]n1. The van der Waals surface area contributed by atoms with Crippen LogP contribution in [0.1, 0.15) is 65.7 Å². The van der Waals surface area contributed by atoms with Crippen LogP contribution in [-0.2, 0) is 25.6 Å². The number of fused-ring (bicyclic) bond motifs is 1. The summed E-state index contributed by atoms with van der Waals surface area (Å²) < 4.78 is 0.753. The number of rotatable bonds is 17. The Morgan fingerprint density at radius 2 is 1.66 bits per heavy atom. The number of Topliss-reactive ketones (excluding diaryl/α,β-unsaturated/α-hetero) is 1. The zero-order valence-corrected chi connectivity index (χ0v) is 33.3. The largest absolute Gasteiger partial charge is 0.481 e. The highest BCUT2D eigenvalue weighted by Gasteiger charge is 2.32. The second-order valence-corrected chi connectivity index (χ2v) is 15.3. The molecule has 0 unspecified atom stereocenters. The van der Waals surface area contributed by atoms with Crippen LogP contribution in [0.4, 0.5) is 5.13 Å². The van der Waals surface area contributed by atoms with Crippen molar-refractivity contribution in [2.45, 2.75) is 71.1 Å². The predicted molar refractivity (Wildman–Crippen MR) is 214 cm³/mol. The smallest absolute Gasteiger partial charge is 0.305 e. The molecule has 5 atom stereocenters. The lowest BCUT2D eigenvalue weighted by Crippen LogP contribution is -2.58. The Labute approximate surface area is 333 Å². The average Bonchev–Trinajstić information content (AvgIpc) is 3.91. The van der Waals surface area contributed by atoms with E-state index in [1.165, 1.54) is 24.3 Å². The van der Waals surface area contributed by atoms with Crippen LogP contribution < -0.4 is 27.0 Å². The van der Waals surface area contributed by atoms with Crippen LogP contribution in [0.3, 0.4) is 0 Å². The normalized spacial score (nSPS) is 13.9. The van der Waals surface area contributed by atoms with Crippen molar-refractivity contribution in [1.82, 2.24) is 36.1 Å². The summed E-state index contributed by atoms with van der Waals surface area (Å²) in [6.45, 7) is 6.82. The van der Waals surface area contributed by atoms with Crippen molar-refractivity contribution < 1.29 is 33.9 Å². The molecule has 9 N–H and O–H groups in total. The van der Waals surface area contributed by atoms with Crippen LogP contribution >= 0.6 is 27.3 Å². The van der Waals surface area contributed by atoms with Crippen LogP contribution in [0, 0.1) is 12.8 Å². The number of anilines is 1. The molecule has 0 aliphatic rings. The molecule has 4 amide bonds. The lowest BCUT2D eigenvalue weighted by Gasteiger charge is -2.25. The molecule has 18 heteroatoms. The molecule has 3 aromatic heterocycles. The van der Waals surface area contributed by atoms with Gasteiger partial charge in [-0.15, -0.1) is 0 Å². The minimum Gasteiger partial charge on any atom is -0.481 e. The molecule has 2 aromatic carbocycles.